The minimum absolute atomic E-state index is 0.0863. The van der Waals surface area contributed by atoms with E-state index in [-0.39, 0.29) is 19.0 Å². The molecule has 0 radical (unpaired) electrons. The van der Waals surface area contributed by atoms with E-state index in [9.17, 15) is 18.0 Å². The molecule has 1 aromatic carbocycles. The van der Waals surface area contributed by atoms with Gasteiger partial charge in [-0.15, -0.1) is 0 Å². The third-order valence-corrected chi connectivity index (χ3v) is 5.44. The monoisotopic (exact) mass is 400 g/mol. The zero-order valence-corrected chi connectivity index (χ0v) is 16.3. The SMILES string of the molecule is CC(=O)NS(=O)(=O)NCCCNC(=O)c1cc2c(Cl)c(C)ccc2n1C. The van der Waals surface area contributed by atoms with Crippen LogP contribution in [0.1, 0.15) is 29.4 Å². The largest absolute Gasteiger partial charge is 0.351 e. The topological polar surface area (TPSA) is 109 Å². The summed E-state index contributed by atoms with van der Waals surface area (Å²) in [5, 5.41) is 4.16. The molecule has 10 heteroatoms. The van der Waals surface area contributed by atoms with Crippen molar-refractivity contribution in [1.29, 1.82) is 0 Å². The molecule has 0 aliphatic rings. The fourth-order valence-corrected chi connectivity index (χ4v) is 3.59. The number of fused-ring (bicyclic) bond motifs is 1. The number of halogens is 1. The fraction of sp³-hybridized carbons (Fsp3) is 0.375. The van der Waals surface area contributed by atoms with E-state index in [1.807, 2.05) is 19.1 Å². The van der Waals surface area contributed by atoms with Crippen molar-refractivity contribution in [2.45, 2.75) is 20.3 Å². The first-order valence-electron chi connectivity index (χ1n) is 7.93. The molecule has 0 bridgehead atoms. The van der Waals surface area contributed by atoms with Gasteiger partial charge in [-0.1, -0.05) is 17.7 Å². The summed E-state index contributed by atoms with van der Waals surface area (Å²) in [6.45, 7) is 3.37. The van der Waals surface area contributed by atoms with Crippen LogP contribution in [0.25, 0.3) is 10.9 Å². The van der Waals surface area contributed by atoms with Crippen LogP contribution in [-0.4, -0.2) is 37.9 Å². The molecular formula is C16H21ClN4O4S. The Labute approximate surface area is 157 Å². The van der Waals surface area contributed by atoms with Gasteiger partial charge in [0, 0.05) is 38.0 Å². The zero-order chi connectivity index (χ0) is 19.5. The van der Waals surface area contributed by atoms with Crippen LogP contribution in [0.15, 0.2) is 18.2 Å². The van der Waals surface area contributed by atoms with Gasteiger partial charge >= 0.3 is 10.2 Å². The molecule has 0 aliphatic carbocycles. The molecule has 26 heavy (non-hydrogen) atoms. The van der Waals surface area contributed by atoms with Crippen molar-refractivity contribution in [1.82, 2.24) is 19.3 Å². The Balaban J connectivity index is 1.93. The zero-order valence-electron chi connectivity index (χ0n) is 14.7. The summed E-state index contributed by atoms with van der Waals surface area (Å²) in [4.78, 5) is 23.1. The van der Waals surface area contributed by atoms with Crippen LogP contribution in [0.4, 0.5) is 0 Å². The highest BCUT2D eigenvalue weighted by molar-refractivity contribution is 7.88. The summed E-state index contributed by atoms with van der Waals surface area (Å²) in [5.41, 5.74) is 2.25. The highest BCUT2D eigenvalue weighted by Crippen LogP contribution is 2.29. The van der Waals surface area contributed by atoms with Gasteiger partial charge in [-0.2, -0.15) is 13.1 Å². The van der Waals surface area contributed by atoms with Gasteiger partial charge in [0.2, 0.25) is 5.91 Å². The number of rotatable bonds is 7. The van der Waals surface area contributed by atoms with E-state index in [0.717, 1.165) is 23.4 Å². The number of amides is 2. The second-order valence-corrected chi connectivity index (χ2v) is 7.76. The maximum Gasteiger partial charge on any atom is 0.301 e. The second-order valence-electron chi connectivity index (χ2n) is 5.88. The number of hydrogen-bond donors (Lipinski definition) is 3. The van der Waals surface area contributed by atoms with Gasteiger partial charge in [-0.25, -0.2) is 4.72 Å². The van der Waals surface area contributed by atoms with E-state index in [4.69, 9.17) is 11.6 Å². The van der Waals surface area contributed by atoms with Crippen LogP contribution in [-0.2, 0) is 22.1 Å². The Hall–Kier alpha value is -2.10. The number of aryl methyl sites for hydroxylation is 2. The highest BCUT2D eigenvalue weighted by Gasteiger charge is 2.15. The lowest BCUT2D eigenvalue weighted by Gasteiger charge is -2.08. The predicted molar refractivity (Wildman–Crippen MR) is 100 cm³/mol. The summed E-state index contributed by atoms with van der Waals surface area (Å²) in [6, 6.07) is 5.54. The minimum atomic E-state index is -3.85. The van der Waals surface area contributed by atoms with E-state index in [1.165, 1.54) is 0 Å². The number of nitrogens with one attached hydrogen (secondary N) is 3. The Morgan fingerprint density at radius 1 is 1.23 bits per heavy atom. The lowest BCUT2D eigenvalue weighted by atomic mass is 10.2. The molecule has 2 rings (SSSR count). The predicted octanol–water partition coefficient (Wildman–Crippen LogP) is 1.23. The molecule has 2 aromatic rings. The average Bonchev–Trinajstić information content (AvgIpc) is 2.87. The van der Waals surface area contributed by atoms with Crippen LogP contribution in [0, 0.1) is 6.92 Å². The number of nitrogens with zero attached hydrogens (tertiary/aromatic N) is 1. The Bertz CT molecular complexity index is 953. The van der Waals surface area contributed by atoms with E-state index in [2.05, 4.69) is 10.0 Å². The Morgan fingerprint density at radius 3 is 2.58 bits per heavy atom. The van der Waals surface area contributed by atoms with Crippen molar-refractivity contribution in [3.05, 3.63) is 34.5 Å². The van der Waals surface area contributed by atoms with E-state index < -0.39 is 16.1 Å². The lowest BCUT2D eigenvalue weighted by molar-refractivity contribution is -0.117. The minimum Gasteiger partial charge on any atom is -0.351 e. The first kappa shape index (κ1) is 20.2. The van der Waals surface area contributed by atoms with Crippen LogP contribution < -0.4 is 14.8 Å². The quantitative estimate of drug-likeness (QED) is 0.607. The van der Waals surface area contributed by atoms with Crippen LogP contribution in [0.2, 0.25) is 5.02 Å². The molecule has 0 saturated heterocycles. The highest BCUT2D eigenvalue weighted by atomic mass is 35.5. The van der Waals surface area contributed by atoms with E-state index >= 15 is 0 Å². The summed E-state index contributed by atoms with van der Waals surface area (Å²) in [6.07, 6.45) is 0.369. The van der Waals surface area contributed by atoms with Gasteiger partial charge in [0.15, 0.2) is 0 Å². The van der Waals surface area contributed by atoms with Crippen molar-refractivity contribution in [2.24, 2.45) is 7.05 Å². The molecule has 3 N–H and O–H groups in total. The van der Waals surface area contributed by atoms with Crippen molar-refractivity contribution in [3.8, 4) is 0 Å². The van der Waals surface area contributed by atoms with Crippen molar-refractivity contribution >= 4 is 44.5 Å². The molecule has 142 valence electrons. The maximum atomic E-state index is 12.4. The standard InChI is InChI=1S/C16H21ClN4O4S/c1-10-5-6-13-12(15(10)17)9-14(21(13)3)16(23)18-7-4-8-19-26(24,25)20-11(2)22/h5-6,9,19H,4,7-8H2,1-3H3,(H,18,23)(H,20,22). The summed E-state index contributed by atoms with van der Waals surface area (Å²) >= 11 is 6.30. The first-order chi connectivity index (χ1) is 12.1. The number of aromatic nitrogens is 1. The van der Waals surface area contributed by atoms with E-state index in [0.29, 0.717) is 17.1 Å². The van der Waals surface area contributed by atoms with Gasteiger partial charge in [0.25, 0.3) is 5.91 Å². The normalized spacial score (nSPS) is 11.5. The van der Waals surface area contributed by atoms with Crippen molar-refractivity contribution < 1.29 is 18.0 Å². The first-order valence-corrected chi connectivity index (χ1v) is 9.79. The second kappa shape index (κ2) is 8.07. The Kier molecular flexibility index (Phi) is 6.27. The summed E-state index contributed by atoms with van der Waals surface area (Å²) in [7, 11) is -2.07. The molecular weight excluding hydrogens is 380 g/mol. The molecule has 0 fully saturated rings. The molecule has 0 saturated carbocycles. The van der Waals surface area contributed by atoms with E-state index in [1.54, 1.807) is 22.4 Å². The van der Waals surface area contributed by atoms with Crippen molar-refractivity contribution in [2.75, 3.05) is 13.1 Å². The number of hydrogen-bond acceptors (Lipinski definition) is 4. The molecule has 2 amide bonds. The van der Waals surface area contributed by atoms with Gasteiger partial charge < -0.3 is 9.88 Å². The van der Waals surface area contributed by atoms with Gasteiger partial charge in [-0.05, 0) is 31.0 Å². The third kappa shape index (κ3) is 4.75. The van der Waals surface area contributed by atoms with Gasteiger partial charge in [-0.3, -0.25) is 9.59 Å². The number of carbonyl (C=O) groups excluding carboxylic acids is 2. The maximum absolute atomic E-state index is 12.4. The summed E-state index contributed by atoms with van der Waals surface area (Å²) < 4.78 is 28.6. The lowest BCUT2D eigenvalue weighted by Crippen LogP contribution is -2.40. The molecule has 0 spiro atoms. The molecule has 0 aliphatic heterocycles. The number of benzene rings is 1. The molecule has 1 aromatic heterocycles. The molecule has 0 unspecified atom stereocenters. The molecule has 0 atom stereocenters. The average molecular weight is 401 g/mol. The van der Waals surface area contributed by atoms with Crippen LogP contribution in [0.3, 0.4) is 0 Å². The van der Waals surface area contributed by atoms with Gasteiger partial charge in [0.05, 0.1) is 5.02 Å². The fourth-order valence-electron chi connectivity index (χ4n) is 2.52. The third-order valence-electron chi connectivity index (χ3n) is 3.80. The smallest absolute Gasteiger partial charge is 0.301 e. The summed E-state index contributed by atoms with van der Waals surface area (Å²) in [5.74, 6) is -0.947. The van der Waals surface area contributed by atoms with Crippen LogP contribution in [0.5, 0.6) is 0 Å². The van der Waals surface area contributed by atoms with Gasteiger partial charge in [0.1, 0.15) is 5.69 Å². The Morgan fingerprint density at radius 2 is 1.92 bits per heavy atom. The number of carbonyl (C=O) groups is 2. The van der Waals surface area contributed by atoms with Crippen LogP contribution >= 0.6 is 11.6 Å². The molecule has 8 nitrogen and oxygen atoms in total. The van der Waals surface area contributed by atoms with Crippen molar-refractivity contribution in [3.63, 3.8) is 0 Å². The molecule has 1 heterocycles.